The minimum atomic E-state index is -2.57. The smallest absolute Gasteiger partial charge is 0.272 e. The Hall–Kier alpha value is -2.17. The molecule has 2 aromatic carbocycles. The van der Waals surface area contributed by atoms with Gasteiger partial charge in [-0.2, -0.15) is 0 Å². The summed E-state index contributed by atoms with van der Waals surface area (Å²) in [5.74, 6) is -0.924. The molecule has 1 saturated heterocycles. The number of nitrogens with one attached hydrogen (secondary N) is 1. The molecule has 2 nitrogen and oxygen atoms in total. The number of hydrogen-bond acceptors (Lipinski definition) is 3. The van der Waals surface area contributed by atoms with E-state index in [2.05, 4.69) is 11.2 Å². The molecule has 1 fully saturated rings. The molecule has 1 unspecified atom stereocenters. The fourth-order valence-electron chi connectivity index (χ4n) is 3.27. The largest absolute Gasteiger partial charge is 0.381 e. The van der Waals surface area contributed by atoms with Crippen molar-refractivity contribution in [1.82, 2.24) is 4.90 Å². The number of benzene rings is 2. The highest BCUT2D eigenvalue weighted by molar-refractivity contribution is 7.99. The van der Waals surface area contributed by atoms with Crippen molar-refractivity contribution in [1.29, 1.82) is 0 Å². The summed E-state index contributed by atoms with van der Waals surface area (Å²) < 4.78 is 54.7. The van der Waals surface area contributed by atoms with Crippen molar-refractivity contribution in [2.75, 3.05) is 30.7 Å². The topological polar surface area (TPSA) is 15.3 Å². The lowest BCUT2D eigenvalue weighted by atomic mass is 10.0. The molecule has 3 rings (SSSR count). The third kappa shape index (κ3) is 5.93. The van der Waals surface area contributed by atoms with Crippen LogP contribution in [-0.2, 0) is 13.0 Å². The van der Waals surface area contributed by atoms with E-state index in [4.69, 9.17) is 6.42 Å². The van der Waals surface area contributed by atoms with Gasteiger partial charge in [-0.05, 0) is 29.7 Å². The lowest BCUT2D eigenvalue weighted by molar-refractivity contribution is -0.129. The molecule has 0 aromatic heterocycles. The van der Waals surface area contributed by atoms with Crippen LogP contribution in [0.3, 0.4) is 0 Å². The first-order chi connectivity index (χ1) is 14.3. The van der Waals surface area contributed by atoms with Gasteiger partial charge in [-0.1, -0.05) is 31.2 Å². The first-order valence-corrected chi connectivity index (χ1v) is 10.7. The predicted octanol–water partition coefficient (Wildman–Crippen LogP) is 5.43. The first-order valence-electron chi connectivity index (χ1n) is 9.76. The number of halogens is 4. The van der Waals surface area contributed by atoms with Gasteiger partial charge in [-0.3, -0.25) is 4.90 Å². The molecular weight excluding hydrogens is 412 g/mol. The van der Waals surface area contributed by atoms with Gasteiger partial charge in [0.2, 0.25) is 0 Å². The van der Waals surface area contributed by atoms with Crippen molar-refractivity contribution in [2.24, 2.45) is 5.92 Å². The van der Waals surface area contributed by atoms with Crippen LogP contribution in [0.4, 0.5) is 23.2 Å². The highest BCUT2D eigenvalue weighted by Gasteiger charge is 2.43. The third-order valence-corrected chi connectivity index (χ3v) is 6.31. The van der Waals surface area contributed by atoms with Crippen molar-refractivity contribution in [3.8, 4) is 12.3 Å². The van der Waals surface area contributed by atoms with Crippen molar-refractivity contribution < 1.29 is 17.6 Å². The summed E-state index contributed by atoms with van der Waals surface area (Å²) in [6.45, 7) is 2.36. The van der Waals surface area contributed by atoms with Gasteiger partial charge >= 0.3 is 0 Å². The molecule has 0 amide bonds. The van der Waals surface area contributed by atoms with Gasteiger partial charge in [0.05, 0.1) is 18.0 Å². The fourth-order valence-corrected chi connectivity index (χ4v) is 4.18. The average Bonchev–Trinajstić information content (AvgIpc) is 2.68. The summed E-state index contributed by atoms with van der Waals surface area (Å²) in [5, 5.41) is 3.06. The molecule has 0 radical (unpaired) electrons. The molecule has 0 saturated carbocycles. The molecule has 0 spiro atoms. The van der Waals surface area contributed by atoms with Gasteiger partial charge in [0.25, 0.3) is 5.92 Å². The Labute approximate surface area is 179 Å². The summed E-state index contributed by atoms with van der Waals surface area (Å²) in [6.07, 6.45) is 5.95. The molecule has 7 heteroatoms. The van der Waals surface area contributed by atoms with Crippen LogP contribution in [0.5, 0.6) is 0 Å². The molecule has 1 aliphatic heterocycles. The second-order valence-electron chi connectivity index (χ2n) is 7.59. The van der Waals surface area contributed by atoms with Gasteiger partial charge in [0.15, 0.2) is 0 Å². The third-order valence-electron chi connectivity index (χ3n) is 4.97. The van der Waals surface area contributed by atoms with Crippen LogP contribution in [0, 0.1) is 29.9 Å². The Morgan fingerprint density at radius 3 is 2.40 bits per heavy atom. The number of terminal acetylenes is 1. The number of anilines is 1. The molecule has 1 N–H and O–H groups in total. The van der Waals surface area contributed by atoms with Crippen LogP contribution in [0.15, 0.2) is 41.3 Å². The highest BCUT2D eigenvalue weighted by Crippen LogP contribution is 2.30. The van der Waals surface area contributed by atoms with Gasteiger partial charge < -0.3 is 5.32 Å². The SMILES string of the molecule is C#CC(C)CSc1c(F)cc(NCc2ccccc2CCN2CC(F)(F)C2)cc1F. The first kappa shape index (κ1) is 22.5. The van der Waals surface area contributed by atoms with Crippen molar-refractivity contribution in [3.05, 3.63) is 59.2 Å². The van der Waals surface area contributed by atoms with Crippen LogP contribution in [0.2, 0.25) is 0 Å². The number of likely N-dealkylation sites (tertiary alicyclic amines) is 1. The Bertz CT molecular complexity index is 895. The second kappa shape index (κ2) is 9.76. The highest BCUT2D eigenvalue weighted by atomic mass is 32.2. The van der Waals surface area contributed by atoms with Gasteiger partial charge in [-0.25, -0.2) is 17.6 Å². The maximum atomic E-state index is 14.4. The zero-order valence-corrected chi connectivity index (χ0v) is 17.5. The molecule has 1 atom stereocenters. The summed E-state index contributed by atoms with van der Waals surface area (Å²) in [7, 11) is 0. The molecule has 30 heavy (non-hydrogen) atoms. The van der Waals surface area contributed by atoms with Crippen LogP contribution >= 0.6 is 11.8 Å². The average molecular weight is 437 g/mol. The Balaban J connectivity index is 1.60. The maximum absolute atomic E-state index is 14.4. The maximum Gasteiger partial charge on any atom is 0.272 e. The van der Waals surface area contributed by atoms with Gasteiger partial charge in [0.1, 0.15) is 11.6 Å². The number of hydrogen-bond donors (Lipinski definition) is 1. The Kier molecular flexibility index (Phi) is 7.32. The number of nitrogens with zero attached hydrogens (tertiary/aromatic N) is 1. The van der Waals surface area contributed by atoms with E-state index in [0.29, 0.717) is 31.0 Å². The minimum absolute atomic E-state index is 0.0330. The second-order valence-corrected chi connectivity index (χ2v) is 8.62. The molecule has 1 heterocycles. The van der Waals surface area contributed by atoms with E-state index in [1.807, 2.05) is 31.2 Å². The van der Waals surface area contributed by atoms with Gasteiger partial charge in [0, 0.05) is 30.4 Å². The van der Waals surface area contributed by atoms with E-state index >= 15 is 0 Å². The molecule has 0 aliphatic carbocycles. The molecule has 2 aromatic rings. The van der Waals surface area contributed by atoms with Crippen LogP contribution in [-0.4, -0.2) is 36.2 Å². The van der Waals surface area contributed by atoms with Crippen LogP contribution < -0.4 is 5.32 Å². The van der Waals surface area contributed by atoms with E-state index in [1.165, 1.54) is 12.1 Å². The molecular formula is C23H24F4N2S. The van der Waals surface area contributed by atoms with Crippen LogP contribution in [0.1, 0.15) is 18.1 Å². The van der Waals surface area contributed by atoms with Crippen molar-refractivity contribution in [2.45, 2.75) is 30.7 Å². The van der Waals surface area contributed by atoms with E-state index in [0.717, 1.165) is 22.9 Å². The van der Waals surface area contributed by atoms with E-state index in [1.54, 1.807) is 4.90 Å². The Morgan fingerprint density at radius 1 is 1.17 bits per heavy atom. The summed E-state index contributed by atoms with van der Waals surface area (Å²) in [4.78, 5) is 1.68. The fraction of sp³-hybridized carbons (Fsp3) is 0.391. The summed E-state index contributed by atoms with van der Waals surface area (Å²) in [6, 6.07) is 10.2. The Morgan fingerprint density at radius 2 is 1.80 bits per heavy atom. The zero-order valence-electron chi connectivity index (χ0n) is 16.7. The quantitative estimate of drug-likeness (QED) is 0.321. The molecule has 1 aliphatic rings. The van der Waals surface area contributed by atoms with E-state index < -0.39 is 17.6 Å². The zero-order chi connectivity index (χ0) is 21.7. The normalized spacial score (nSPS) is 16.5. The lowest BCUT2D eigenvalue weighted by Gasteiger charge is -2.38. The lowest BCUT2D eigenvalue weighted by Crippen LogP contribution is -2.56. The van der Waals surface area contributed by atoms with Crippen LogP contribution in [0.25, 0.3) is 0 Å². The molecule has 0 bridgehead atoms. The predicted molar refractivity (Wildman–Crippen MR) is 114 cm³/mol. The van der Waals surface area contributed by atoms with E-state index in [9.17, 15) is 17.6 Å². The van der Waals surface area contributed by atoms with Crippen molar-refractivity contribution >= 4 is 17.4 Å². The van der Waals surface area contributed by atoms with Crippen molar-refractivity contribution in [3.63, 3.8) is 0 Å². The number of alkyl halides is 2. The monoisotopic (exact) mass is 436 g/mol. The summed E-state index contributed by atoms with van der Waals surface area (Å²) >= 11 is 1.07. The molecule has 160 valence electrons. The van der Waals surface area contributed by atoms with Gasteiger partial charge in [-0.15, -0.1) is 24.1 Å². The van der Waals surface area contributed by atoms with E-state index in [-0.39, 0.29) is 23.9 Å². The standard InChI is InChI=1S/C23H24F4N2S/c1-3-16(2)13-30-22-20(24)10-19(11-21(22)25)28-12-18-7-5-4-6-17(18)8-9-29-14-23(26,27)15-29/h1,4-7,10-11,16,28H,8-9,12-15H2,2H3. The summed E-state index contributed by atoms with van der Waals surface area (Å²) in [5.41, 5.74) is 2.33. The number of rotatable bonds is 9. The minimum Gasteiger partial charge on any atom is -0.381 e. The number of thioether (sulfide) groups is 1.